The van der Waals surface area contributed by atoms with Crippen LogP contribution in [0.2, 0.25) is 0 Å². The van der Waals surface area contributed by atoms with E-state index in [2.05, 4.69) is 0 Å². The maximum Gasteiger partial charge on any atom is 0.320 e. The van der Waals surface area contributed by atoms with E-state index in [1.165, 1.54) is 13.2 Å². The molecule has 0 aromatic carbocycles. The topological polar surface area (TPSA) is 169 Å². The van der Waals surface area contributed by atoms with Crippen LogP contribution < -0.4 is 0 Å². The summed E-state index contributed by atoms with van der Waals surface area (Å²) in [6.07, 6.45) is -3.52. The minimum atomic E-state index is -1.38. The maximum atomic E-state index is 12.1. The normalized spacial score (nSPS) is 27.4. The summed E-state index contributed by atoms with van der Waals surface area (Å²) in [7, 11) is 4.62. The number of hydrogen-bond donors (Lipinski definition) is 5. The first kappa shape index (κ1) is 28.4. The van der Waals surface area contributed by atoms with Crippen molar-refractivity contribution >= 4 is 11.9 Å². The predicted molar refractivity (Wildman–Crippen MR) is 111 cm³/mol. The van der Waals surface area contributed by atoms with Gasteiger partial charge in [-0.3, -0.25) is 19.7 Å². The van der Waals surface area contributed by atoms with Crippen LogP contribution in [0.4, 0.5) is 0 Å². The van der Waals surface area contributed by atoms with Gasteiger partial charge < -0.3 is 34.6 Å². The van der Waals surface area contributed by atoms with Crippen LogP contribution in [-0.2, 0) is 23.8 Å². The van der Waals surface area contributed by atoms with Crippen molar-refractivity contribution in [2.24, 2.45) is 0 Å². The summed E-state index contributed by atoms with van der Waals surface area (Å²) in [6.45, 7) is 1.27. The van der Waals surface area contributed by atoms with Gasteiger partial charge in [0.25, 0.3) is 5.91 Å². The third kappa shape index (κ3) is 8.37. The number of ether oxygens (including phenoxy) is 3. The van der Waals surface area contributed by atoms with Crippen molar-refractivity contribution in [1.29, 1.82) is 0 Å². The Labute approximate surface area is 187 Å². The molecular formula is C20H36N2O10. The van der Waals surface area contributed by atoms with Crippen LogP contribution in [0.25, 0.3) is 0 Å². The third-order valence-corrected chi connectivity index (χ3v) is 5.25. The fraction of sp³-hybridized carbons (Fsp3) is 0.800. The number of rotatable bonds is 13. The first-order valence-corrected chi connectivity index (χ1v) is 10.4. The van der Waals surface area contributed by atoms with Crippen molar-refractivity contribution in [3.8, 4) is 0 Å². The number of carboxylic acid groups (broad SMARTS) is 1. The Hall–Kier alpha value is -1.64. The van der Waals surface area contributed by atoms with Crippen molar-refractivity contribution in [2.75, 3.05) is 41.0 Å². The van der Waals surface area contributed by atoms with Crippen molar-refractivity contribution in [1.82, 2.24) is 9.96 Å². The molecule has 5 N–H and O–H groups in total. The van der Waals surface area contributed by atoms with Crippen LogP contribution in [0.3, 0.4) is 0 Å². The Balaban J connectivity index is 2.46. The summed E-state index contributed by atoms with van der Waals surface area (Å²) in [4.78, 5) is 24.8. The molecule has 0 radical (unpaired) electrons. The molecule has 12 nitrogen and oxygen atoms in total. The van der Waals surface area contributed by atoms with Gasteiger partial charge in [0.1, 0.15) is 30.5 Å². The van der Waals surface area contributed by atoms with E-state index in [-0.39, 0.29) is 26.0 Å². The number of hydrogen-bond acceptors (Lipinski definition) is 10. The summed E-state index contributed by atoms with van der Waals surface area (Å²) < 4.78 is 15.9. The highest BCUT2D eigenvalue weighted by Gasteiger charge is 2.45. The SMILES string of the molecule is COC1C(CO)OC(OCC/C(C)=C/C(=O)N(O)CCC[C@@H](C(=O)O)N(C)C)C(O)C1O. The Bertz CT molecular complexity index is 628. The van der Waals surface area contributed by atoms with Gasteiger partial charge in [-0.2, -0.15) is 0 Å². The molecule has 0 saturated carbocycles. The zero-order valence-corrected chi connectivity index (χ0v) is 19.0. The van der Waals surface area contributed by atoms with Crippen LogP contribution in [0.1, 0.15) is 26.2 Å². The zero-order chi connectivity index (χ0) is 24.4. The molecule has 1 rings (SSSR count). The maximum absolute atomic E-state index is 12.1. The number of aliphatic hydroxyl groups is 3. The largest absolute Gasteiger partial charge is 0.480 e. The number of likely N-dealkylation sites (N-methyl/N-ethyl adjacent to an activating group) is 1. The average Bonchev–Trinajstić information content (AvgIpc) is 2.73. The number of carbonyl (C=O) groups excluding carboxylic acids is 1. The summed E-state index contributed by atoms with van der Waals surface area (Å²) in [5, 5.41) is 49.1. The second-order valence-electron chi connectivity index (χ2n) is 7.94. The summed E-state index contributed by atoms with van der Waals surface area (Å²) in [5.74, 6) is -1.61. The molecule has 5 unspecified atom stereocenters. The molecule has 1 amide bonds. The van der Waals surface area contributed by atoms with Gasteiger partial charge in [0.2, 0.25) is 0 Å². The van der Waals surface area contributed by atoms with Gasteiger partial charge in [0, 0.05) is 19.7 Å². The quantitative estimate of drug-likeness (QED) is 0.126. The monoisotopic (exact) mass is 464 g/mol. The van der Waals surface area contributed by atoms with Crippen LogP contribution in [0.5, 0.6) is 0 Å². The lowest BCUT2D eigenvalue weighted by molar-refractivity contribution is -0.304. The molecule has 1 aliphatic heterocycles. The highest BCUT2D eigenvalue weighted by atomic mass is 16.7. The van der Waals surface area contributed by atoms with Crippen molar-refractivity contribution < 1.29 is 49.4 Å². The molecule has 0 aliphatic carbocycles. The summed E-state index contributed by atoms with van der Waals surface area (Å²) in [5.41, 5.74) is 0.588. The molecule has 1 heterocycles. The van der Waals surface area contributed by atoms with Gasteiger partial charge in [0.05, 0.1) is 13.2 Å². The average molecular weight is 465 g/mol. The van der Waals surface area contributed by atoms with E-state index in [0.29, 0.717) is 17.1 Å². The molecule has 186 valence electrons. The number of carbonyl (C=O) groups is 2. The number of nitrogens with zero attached hydrogens (tertiary/aromatic N) is 2. The van der Waals surface area contributed by atoms with Crippen LogP contribution in [-0.4, -0.2) is 125 Å². The van der Waals surface area contributed by atoms with Crippen molar-refractivity contribution in [2.45, 2.75) is 62.9 Å². The highest BCUT2D eigenvalue weighted by Crippen LogP contribution is 2.24. The molecule has 32 heavy (non-hydrogen) atoms. The first-order chi connectivity index (χ1) is 15.0. The van der Waals surface area contributed by atoms with E-state index >= 15 is 0 Å². The number of carboxylic acids is 1. The lowest BCUT2D eigenvalue weighted by Gasteiger charge is -2.41. The zero-order valence-electron chi connectivity index (χ0n) is 19.0. The Morgan fingerprint density at radius 3 is 2.41 bits per heavy atom. The summed E-state index contributed by atoms with van der Waals surface area (Å²) >= 11 is 0. The molecule has 0 aromatic rings. The predicted octanol–water partition coefficient (Wildman–Crippen LogP) is -1.19. The van der Waals surface area contributed by atoms with E-state index in [1.54, 1.807) is 25.9 Å². The molecule has 12 heteroatoms. The van der Waals surface area contributed by atoms with Gasteiger partial charge >= 0.3 is 5.97 Å². The van der Waals surface area contributed by atoms with E-state index in [4.69, 9.17) is 19.3 Å². The second-order valence-corrected chi connectivity index (χ2v) is 7.94. The molecule has 0 spiro atoms. The van der Waals surface area contributed by atoms with E-state index in [1.807, 2.05) is 0 Å². The molecule has 1 saturated heterocycles. The van der Waals surface area contributed by atoms with Gasteiger partial charge in [0.15, 0.2) is 6.29 Å². The van der Waals surface area contributed by atoms with Crippen molar-refractivity contribution in [3.63, 3.8) is 0 Å². The lowest BCUT2D eigenvalue weighted by atomic mass is 9.99. The Morgan fingerprint density at radius 1 is 1.22 bits per heavy atom. The number of aliphatic hydroxyl groups excluding tert-OH is 3. The van der Waals surface area contributed by atoms with Crippen molar-refractivity contribution in [3.05, 3.63) is 11.6 Å². The molecule has 1 fully saturated rings. The minimum Gasteiger partial charge on any atom is -0.480 e. The van der Waals surface area contributed by atoms with Crippen LogP contribution in [0, 0.1) is 0 Å². The molecular weight excluding hydrogens is 428 g/mol. The van der Waals surface area contributed by atoms with Gasteiger partial charge in [-0.15, -0.1) is 0 Å². The number of hydroxylamine groups is 2. The molecule has 6 atom stereocenters. The first-order valence-electron chi connectivity index (χ1n) is 10.4. The molecule has 0 aromatic heterocycles. The number of amides is 1. The standard InChI is InChI=1S/C20H36N2O10/c1-12(10-15(24)22(29)8-5-6-13(19(27)28)21(2)3)7-9-31-20-17(26)16(25)18(30-4)14(11-23)32-20/h10,13-14,16-18,20,23,25-26,29H,5-9,11H2,1-4H3,(H,27,28)/b12-10+/t13-,14?,16?,17?,18?,20?/m0/s1. The molecule has 0 bridgehead atoms. The fourth-order valence-corrected chi connectivity index (χ4v) is 3.32. The van der Waals surface area contributed by atoms with Gasteiger partial charge in [-0.1, -0.05) is 5.57 Å². The highest BCUT2D eigenvalue weighted by molar-refractivity contribution is 5.87. The van der Waals surface area contributed by atoms with E-state index < -0.39 is 55.2 Å². The van der Waals surface area contributed by atoms with Crippen LogP contribution in [0.15, 0.2) is 11.6 Å². The van der Waals surface area contributed by atoms with Gasteiger partial charge in [-0.05, 0) is 40.3 Å². The van der Waals surface area contributed by atoms with Gasteiger partial charge in [-0.25, -0.2) is 5.06 Å². The fourth-order valence-electron chi connectivity index (χ4n) is 3.32. The molecule has 1 aliphatic rings. The van der Waals surface area contributed by atoms with E-state index in [9.17, 15) is 30.1 Å². The summed E-state index contributed by atoms with van der Waals surface area (Å²) in [6, 6.07) is -0.701. The third-order valence-electron chi connectivity index (χ3n) is 5.25. The van der Waals surface area contributed by atoms with E-state index in [0.717, 1.165) is 0 Å². The second kappa shape index (κ2) is 13.8. The Kier molecular flexibility index (Phi) is 12.2. The number of aliphatic carboxylic acids is 1. The Morgan fingerprint density at radius 2 is 1.88 bits per heavy atom. The number of methoxy groups -OCH3 is 1. The minimum absolute atomic E-state index is 0.0139. The van der Waals surface area contributed by atoms with Crippen LogP contribution >= 0.6 is 0 Å². The lowest BCUT2D eigenvalue weighted by Crippen LogP contribution is -2.59. The smallest absolute Gasteiger partial charge is 0.320 e.